The van der Waals surface area contributed by atoms with E-state index in [4.69, 9.17) is 0 Å². The highest BCUT2D eigenvalue weighted by Gasteiger charge is 2.34. The number of nitrogens with one attached hydrogen (secondary N) is 1. The van der Waals surface area contributed by atoms with Gasteiger partial charge in [0.2, 0.25) is 15.9 Å². The van der Waals surface area contributed by atoms with Crippen LogP contribution in [-0.2, 0) is 21.2 Å². The maximum absolute atomic E-state index is 13.8. The molecule has 2 amide bonds. The smallest absolute Gasteiger partial charge is 0.243 e. The van der Waals surface area contributed by atoms with E-state index < -0.39 is 28.3 Å². The van der Waals surface area contributed by atoms with Gasteiger partial charge in [0.25, 0.3) is 0 Å². The first-order chi connectivity index (χ1) is 18.1. The molecule has 0 bridgehead atoms. The molecular weight excluding hydrogens is 506 g/mol. The van der Waals surface area contributed by atoms with Crippen LogP contribution < -0.4 is 10.4 Å². The molecule has 206 valence electrons. The molecule has 0 unspecified atom stereocenters. The predicted octanol–water partition coefficient (Wildman–Crippen LogP) is 2.63. The standard InChI is InChI=1S/C28H37N3O6S/c1-3-17-31(28(34)35)26(18-22-9-5-4-6-10-22)27(33)20-30(19-23-11-7-8-12-23)38(36,37)25-15-13-24(14-16-25)29-21(2)32/h3-6,9-10,13-16,23,26-27,33H,1,7-8,11-12,17-20H2,2H3,(H,29,32)(H,34,35)/p-1/t26-,27+/m0/s1. The number of hydrogen-bond acceptors (Lipinski definition) is 6. The SMILES string of the molecule is C=CCN(C(=O)[O-])[C@@H](Cc1ccccc1)[C@H](O)CN(CC1CCCC1)S(=O)(=O)c1ccc(NC(C)=O)cc1. The Balaban J connectivity index is 1.92. The summed E-state index contributed by atoms with van der Waals surface area (Å²) in [4.78, 5) is 24.4. The van der Waals surface area contributed by atoms with E-state index >= 15 is 0 Å². The van der Waals surface area contributed by atoms with Gasteiger partial charge in [-0.05, 0) is 55.0 Å². The summed E-state index contributed by atoms with van der Waals surface area (Å²) in [5.74, 6) is -0.123. The third-order valence-corrected chi connectivity index (χ3v) is 8.68. The molecule has 38 heavy (non-hydrogen) atoms. The third kappa shape index (κ3) is 7.89. The second-order valence-electron chi connectivity index (χ2n) is 9.71. The Labute approximate surface area is 224 Å². The number of benzene rings is 2. The van der Waals surface area contributed by atoms with Crippen molar-refractivity contribution in [1.82, 2.24) is 9.21 Å². The number of aliphatic hydroxyl groups is 1. The summed E-state index contributed by atoms with van der Waals surface area (Å²) in [5, 5.41) is 26.0. The zero-order valence-electron chi connectivity index (χ0n) is 21.7. The molecule has 2 aromatic rings. The van der Waals surface area contributed by atoms with E-state index in [2.05, 4.69) is 11.9 Å². The van der Waals surface area contributed by atoms with Crippen LogP contribution in [0.4, 0.5) is 10.5 Å². The van der Waals surface area contributed by atoms with Crippen molar-refractivity contribution in [2.75, 3.05) is 25.0 Å². The topological polar surface area (TPSA) is 130 Å². The van der Waals surface area contributed by atoms with Crippen molar-refractivity contribution in [2.24, 2.45) is 5.92 Å². The Bertz CT molecular complexity index is 1180. The molecule has 1 aliphatic carbocycles. The number of amides is 2. The maximum atomic E-state index is 13.8. The number of hydrogen-bond donors (Lipinski definition) is 2. The minimum absolute atomic E-state index is 0.0271. The van der Waals surface area contributed by atoms with Gasteiger partial charge in [-0.15, -0.1) is 6.58 Å². The number of aliphatic hydroxyl groups excluding tert-OH is 1. The Morgan fingerprint density at radius 3 is 2.32 bits per heavy atom. The van der Waals surface area contributed by atoms with Crippen LogP contribution in [0, 0.1) is 5.92 Å². The van der Waals surface area contributed by atoms with Gasteiger partial charge in [-0.3, -0.25) is 4.79 Å². The van der Waals surface area contributed by atoms with Crippen molar-refractivity contribution >= 4 is 27.7 Å². The summed E-state index contributed by atoms with van der Waals surface area (Å²) in [6.07, 6.45) is 2.59. The number of carboxylic acid groups (broad SMARTS) is 1. The average Bonchev–Trinajstić information content (AvgIpc) is 3.39. The second kappa shape index (κ2) is 13.5. The number of carbonyl (C=O) groups excluding carboxylic acids is 2. The first-order valence-corrected chi connectivity index (χ1v) is 14.2. The minimum atomic E-state index is -4.03. The van der Waals surface area contributed by atoms with Crippen molar-refractivity contribution in [1.29, 1.82) is 0 Å². The molecule has 10 heteroatoms. The van der Waals surface area contributed by atoms with Crippen molar-refractivity contribution in [3.8, 4) is 0 Å². The maximum Gasteiger partial charge on any atom is 0.243 e. The summed E-state index contributed by atoms with van der Waals surface area (Å²) >= 11 is 0. The molecule has 3 rings (SSSR count). The van der Waals surface area contributed by atoms with Crippen molar-refractivity contribution < 1.29 is 28.2 Å². The van der Waals surface area contributed by atoms with Crippen LogP contribution in [0.15, 0.2) is 72.1 Å². The lowest BCUT2D eigenvalue weighted by molar-refractivity contribution is -0.269. The highest BCUT2D eigenvalue weighted by Crippen LogP contribution is 2.29. The van der Waals surface area contributed by atoms with Crippen LogP contribution >= 0.6 is 0 Å². The number of rotatable bonds is 13. The molecule has 2 atom stereocenters. The van der Waals surface area contributed by atoms with E-state index in [9.17, 15) is 28.2 Å². The summed E-state index contributed by atoms with van der Waals surface area (Å²) in [6, 6.07) is 14.0. The van der Waals surface area contributed by atoms with Gasteiger partial charge < -0.3 is 25.2 Å². The van der Waals surface area contributed by atoms with Crippen LogP contribution in [0.2, 0.25) is 0 Å². The Kier molecular flexibility index (Phi) is 10.5. The molecule has 0 radical (unpaired) electrons. The summed E-state index contributed by atoms with van der Waals surface area (Å²) in [5.41, 5.74) is 1.27. The van der Waals surface area contributed by atoms with E-state index in [0.717, 1.165) is 36.1 Å². The molecule has 1 saturated carbocycles. The number of anilines is 1. The number of sulfonamides is 1. The van der Waals surface area contributed by atoms with E-state index in [-0.39, 0.29) is 42.8 Å². The summed E-state index contributed by atoms with van der Waals surface area (Å²) < 4.78 is 28.8. The average molecular weight is 543 g/mol. The van der Waals surface area contributed by atoms with Crippen molar-refractivity contribution in [2.45, 2.75) is 56.1 Å². The van der Waals surface area contributed by atoms with Gasteiger partial charge in [0.15, 0.2) is 0 Å². The van der Waals surface area contributed by atoms with Crippen molar-refractivity contribution in [3.63, 3.8) is 0 Å². The van der Waals surface area contributed by atoms with Gasteiger partial charge in [-0.2, -0.15) is 4.31 Å². The third-order valence-electron chi connectivity index (χ3n) is 6.83. The molecule has 1 aliphatic rings. The van der Waals surface area contributed by atoms with Crippen LogP contribution in [-0.4, -0.2) is 66.5 Å². The van der Waals surface area contributed by atoms with Crippen LogP contribution in [0.1, 0.15) is 38.2 Å². The quantitative estimate of drug-likeness (QED) is 0.374. The Morgan fingerprint density at radius 1 is 1.13 bits per heavy atom. The van der Waals surface area contributed by atoms with Crippen LogP contribution in [0.5, 0.6) is 0 Å². The van der Waals surface area contributed by atoms with Crippen molar-refractivity contribution in [3.05, 3.63) is 72.8 Å². The van der Waals surface area contributed by atoms with Gasteiger partial charge in [0.05, 0.1) is 17.0 Å². The Hall–Kier alpha value is -3.21. The molecule has 0 heterocycles. The fourth-order valence-corrected chi connectivity index (χ4v) is 6.47. The molecule has 2 N–H and O–H groups in total. The normalized spacial score (nSPS) is 15.7. The van der Waals surface area contributed by atoms with E-state index in [1.165, 1.54) is 41.6 Å². The van der Waals surface area contributed by atoms with E-state index in [1.807, 2.05) is 30.3 Å². The zero-order valence-corrected chi connectivity index (χ0v) is 22.5. The Morgan fingerprint density at radius 2 is 1.76 bits per heavy atom. The lowest BCUT2D eigenvalue weighted by atomic mass is 9.99. The van der Waals surface area contributed by atoms with E-state index in [1.54, 1.807) is 0 Å². The van der Waals surface area contributed by atoms with Gasteiger partial charge in [-0.1, -0.05) is 49.2 Å². The largest absolute Gasteiger partial charge is 0.530 e. The molecule has 0 aromatic heterocycles. The first-order valence-electron chi connectivity index (χ1n) is 12.8. The highest BCUT2D eigenvalue weighted by molar-refractivity contribution is 7.89. The minimum Gasteiger partial charge on any atom is -0.530 e. The van der Waals surface area contributed by atoms with Gasteiger partial charge >= 0.3 is 0 Å². The first kappa shape index (κ1) is 29.3. The van der Waals surface area contributed by atoms with Crippen LogP contribution in [0.3, 0.4) is 0 Å². The summed E-state index contributed by atoms with van der Waals surface area (Å²) in [6.45, 7) is 4.84. The van der Waals surface area contributed by atoms with Crippen LogP contribution in [0.25, 0.3) is 0 Å². The van der Waals surface area contributed by atoms with E-state index in [0.29, 0.717) is 5.69 Å². The van der Waals surface area contributed by atoms with Gasteiger partial charge in [-0.25, -0.2) is 8.42 Å². The molecular formula is C28H36N3O6S-. The molecule has 1 fully saturated rings. The number of carbonyl (C=O) groups is 2. The second-order valence-corrected chi connectivity index (χ2v) is 11.6. The predicted molar refractivity (Wildman–Crippen MR) is 144 cm³/mol. The lowest BCUT2D eigenvalue weighted by Gasteiger charge is -2.38. The zero-order chi connectivity index (χ0) is 27.7. The van der Waals surface area contributed by atoms with Gasteiger partial charge in [0.1, 0.15) is 6.09 Å². The monoisotopic (exact) mass is 542 g/mol. The number of nitrogens with zero attached hydrogens (tertiary/aromatic N) is 2. The molecule has 0 saturated heterocycles. The molecule has 0 spiro atoms. The molecule has 2 aromatic carbocycles. The fraction of sp³-hybridized carbons (Fsp3) is 0.429. The summed E-state index contributed by atoms with van der Waals surface area (Å²) in [7, 11) is -4.03. The fourth-order valence-electron chi connectivity index (χ4n) is 4.94. The lowest BCUT2D eigenvalue weighted by Crippen LogP contribution is -2.56. The highest BCUT2D eigenvalue weighted by atomic mass is 32.2. The molecule has 9 nitrogen and oxygen atoms in total. The van der Waals surface area contributed by atoms with Gasteiger partial charge in [0, 0.05) is 32.2 Å². The molecule has 0 aliphatic heterocycles.